The lowest BCUT2D eigenvalue weighted by molar-refractivity contribution is 0.0926. The fourth-order valence-electron chi connectivity index (χ4n) is 2.21. The van der Waals surface area contributed by atoms with E-state index in [9.17, 15) is 5.11 Å². The van der Waals surface area contributed by atoms with E-state index in [1.54, 1.807) is 0 Å². The molecule has 0 amide bonds. The topological polar surface area (TPSA) is 20.2 Å². The van der Waals surface area contributed by atoms with Crippen LogP contribution in [-0.4, -0.2) is 18.8 Å². The van der Waals surface area contributed by atoms with Crippen molar-refractivity contribution in [2.75, 3.05) is 0 Å². The van der Waals surface area contributed by atoms with Gasteiger partial charge in [-0.25, -0.2) is 0 Å². The van der Waals surface area contributed by atoms with Crippen molar-refractivity contribution in [2.45, 2.75) is 84.0 Å². The molecule has 1 unspecified atom stereocenters. The molecule has 0 saturated carbocycles. The van der Waals surface area contributed by atoms with Crippen molar-refractivity contribution in [3.63, 3.8) is 0 Å². The molecule has 1 N–H and O–H groups in total. The van der Waals surface area contributed by atoms with Crippen LogP contribution in [0.5, 0.6) is 0 Å². The first-order valence-electron chi connectivity index (χ1n) is 7.14. The van der Waals surface area contributed by atoms with Crippen LogP contribution in [0.1, 0.15) is 58.8 Å². The van der Waals surface area contributed by atoms with Gasteiger partial charge in [0, 0.05) is 0 Å². The maximum atomic E-state index is 10.5. The van der Waals surface area contributed by atoms with Gasteiger partial charge in [0.25, 0.3) is 0 Å². The quantitative estimate of drug-likeness (QED) is 0.458. The Morgan fingerprint density at radius 3 is 2.00 bits per heavy atom. The summed E-state index contributed by atoms with van der Waals surface area (Å²) in [4.78, 5) is 0. The van der Waals surface area contributed by atoms with Gasteiger partial charge in [-0.2, -0.15) is 0 Å². The fraction of sp³-hybridized carbons (Fsp3) is 0.867. The van der Waals surface area contributed by atoms with Crippen LogP contribution in [0, 0.1) is 0 Å². The van der Waals surface area contributed by atoms with Crippen molar-refractivity contribution in [3.05, 3.63) is 11.8 Å². The second-order valence-electron chi connectivity index (χ2n) is 6.52. The van der Waals surface area contributed by atoms with Gasteiger partial charge in [-0.05, 0) is 13.3 Å². The standard InChI is InChI=1S/C15H32OSi/c1-7-8-9-10-11-12-13-15(3,16)14(2)17(4,5)6/h16H,2,7-13H2,1,3-6H3. The minimum atomic E-state index is -1.42. The van der Waals surface area contributed by atoms with Crippen molar-refractivity contribution < 1.29 is 5.11 Å². The lowest BCUT2D eigenvalue weighted by Crippen LogP contribution is -2.39. The number of unbranched alkanes of at least 4 members (excludes halogenated alkanes) is 5. The van der Waals surface area contributed by atoms with Crippen molar-refractivity contribution in [2.24, 2.45) is 0 Å². The highest BCUT2D eigenvalue weighted by Crippen LogP contribution is 2.29. The zero-order chi connectivity index (χ0) is 13.5. The summed E-state index contributed by atoms with van der Waals surface area (Å²) in [6.07, 6.45) is 8.54. The van der Waals surface area contributed by atoms with E-state index < -0.39 is 13.7 Å². The highest BCUT2D eigenvalue weighted by atomic mass is 28.3. The minimum absolute atomic E-state index is 0.644. The minimum Gasteiger partial charge on any atom is -0.386 e. The van der Waals surface area contributed by atoms with Gasteiger partial charge in [0.05, 0.1) is 13.7 Å². The zero-order valence-corrected chi connectivity index (χ0v) is 13.6. The second kappa shape index (κ2) is 7.37. The predicted octanol–water partition coefficient (Wildman–Crippen LogP) is 4.92. The SMILES string of the molecule is C=C(C(C)(O)CCCCCCCC)[Si](C)(C)C. The van der Waals surface area contributed by atoms with Gasteiger partial charge in [-0.15, -0.1) is 6.58 Å². The number of hydrogen-bond donors (Lipinski definition) is 1. The Kier molecular flexibility index (Phi) is 7.34. The van der Waals surface area contributed by atoms with Gasteiger partial charge in [-0.1, -0.05) is 70.3 Å². The lowest BCUT2D eigenvalue weighted by atomic mass is 9.97. The summed E-state index contributed by atoms with van der Waals surface area (Å²) < 4.78 is 0. The number of aliphatic hydroxyl groups is 1. The number of hydrogen-bond acceptors (Lipinski definition) is 1. The van der Waals surface area contributed by atoms with Crippen LogP contribution in [0.15, 0.2) is 11.8 Å². The Morgan fingerprint density at radius 2 is 1.53 bits per heavy atom. The van der Waals surface area contributed by atoms with Crippen LogP contribution in [0.4, 0.5) is 0 Å². The van der Waals surface area contributed by atoms with E-state index in [0.29, 0.717) is 0 Å². The van der Waals surface area contributed by atoms with Crippen LogP contribution in [0.2, 0.25) is 19.6 Å². The maximum Gasteiger partial charge on any atom is 0.0791 e. The molecule has 0 heterocycles. The summed E-state index contributed by atoms with van der Waals surface area (Å²) in [6, 6.07) is 0. The van der Waals surface area contributed by atoms with Gasteiger partial charge in [0.1, 0.15) is 0 Å². The Balaban J connectivity index is 3.90. The summed E-state index contributed by atoms with van der Waals surface area (Å²) in [6.45, 7) is 15.1. The van der Waals surface area contributed by atoms with Crippen molar-refractivity contribution in [3.8, 4) is 0 Å². The van der Waals surface area contributed by atoms with Crippen LogP contribution >= 0.6 is 0 Å². The molecule has 0 aliphatic carbocycles. The Labute approximate surface area is 109 Å². The van der Waals surface area contributed by atoms with Crippen LogP contribution in [-0.2, 0) is 0 Å². The fourth-order valence-corrected chi connectivity index (χ4v) is 3.95. The molecular formula is C15H32OSi. The van der Waals surface area contributed by atoms with Gasteiger partial charge < -0.3 is 5.11 Å². The summed E-state index contributed by atoms with van der Waals surface area (Å²) >= 11 is 0. The van der Waals surface area contributed by atoms with Gasteiger partial charge >= 0.3 is 0 Å². The molecule has 2 heteroatoms. The maximum absolute atomic E-state index is 10.5. The molecule has 0 aromatic heterocycles. The second-order valence-corrected chi connectivity index (χ2v) is 11.6. The Morgan fingerprint density at radius 1 is 1.06 bits per heavy atom. The largest absolute Gasteiger partial charge is 0.386 e. The van der Waals surface area contributed by atoms with Crippen LogP contribution < -0.4 is 0 Å². The summed E-state index contributed by atoms with van der Waals surface area (Å²) in [5, 5.41) is 11.6. The molecular weight excluding hydrogens is 224 g/mol. The van der Waals surface area contributed by atoms with Gasteiger partial charge in [-0.3, -0.25) is 0 Å². The van der Waals surface area contributed by atoms with E-state index in [4.69, 9.17) is 0 Å². The van der Waals surface area contributed by atoms with E-state index in [1.807, 2.05) is 6.92 Å². The molecule has 0 radical (unpaired) electrons. The molecule has 0 aliphatic heterocycles. The third-order valence-corrected chi connectivity index (χ3v) is 5.92. The first kappa shape index (κ1) is 16.9. The third kappa shape index (κ3) is 7.05. The third-order valence-electron chi connectivity index (χ3n) is 3.57. The molecule has 0 saturated heterocycles. The van der Waals surface area contributed by atoms with E-state index in [1.165, 1.54) is 32.1 Å². The van der Waals surface area contributed by atoms with Crippen molar-refractivity contribution in [1.29, 1.82) is 0 Å². The molecule has 1 atom stereocenters. The monoisotopic (exact) mass is 256 g/mol. The molecule has 0 aliphatic rings. The smallest absolute Gasteiger partial charge is 0.0791 e. The molecule has 102 valence electrons. The highest BCUT2D eigenvalue weighted by Gasteiger charge is 2.32. The van der Waals surface area contributed by atoms with Crippen LogP contribution in [0.25, 0.3) is 0 Å². The molecule has 0 aromatic carbocycles. The lowest BCUT2D eigenvalue weighted by Gasteiger charge is -2.33. The van der Waals surface area contributed by atoms with E-state index >= 15 is 0 Å². The first-order valence-corrected chi connectivity index (χ1v) is 10.6. The summed E-state index contributed by atoms with van der Waals surface area (Å²) in [7, 11) is -1.42. The number of rotatable bonds is 9. The molecule has 0 spiro atoms. The van der Waals surface area contributed by atoms with E-state index in [2.05, 4.69) is 33.1 Å². The van der Waals surface area contributed by atoms with E-state index in [-0.39, 0.29) is 0 Å². The molecule has 0 aromatic rings. The molecule has 0 rings (SSSR count). The van der Waals surface area contributed by atoms with Crippen LogP contribution in [0.3, 0.4) is 0 Å². The predicted molar refractivity (Wildman–Crippen MR) is 81.1 cm³/mol. The summed E-state index contributed by atoms with van der Waals surface area (Å²) in [5.41, 5.74) is -0.644. The van der Waals surface area contributed by atoms with E-state index in [0.717, 1.165) is 18.0 Å². The van der Waals surface area contributed by atoms with Gasteiger partial charge in [0.15, 0.2) is 0 Å². The Bertz CT molecular complexity index is 226. The molecule has 0 bridgehead atoms. The Hall–Kier alpha value is -0.0831. The highest BCUT2D eigenvalue weighted by molar-refractivity contribution is 6.83. The van der Waals surface area contributed by atoms with Crippen molar-refractivity contribution in [1.82, 2.24) is 0 Å². The molecule has 1 nitrogen and oxygen atoms in total. The average Bonchev–Trinajstić information content (AvgIpc) is 2.20. The average molecular weight is 257 g/mol. The van der Waals surface area contributed by atoms with Crippen molar-refractivity contribution >= 4 is 8.07 Å². The zero-order valence-electron chi connectivity index (χ0n) is 12.6. The molecule has 17 heavy (non-hydrogen) atoms. The molecule has 0 fully saturated rings. The first-order chi connectivity index (χ1) is 7.72. The normalized spacial score (nSPS) is 15.6. The summed E-state index contributed by atoms with van der Waals surface area (Å²) in [5.74, 6) is 0. The van der Waals surface area contributed by atoms with Gasteiger partial charge in [0.2, 0.25) is 0 Å².